The first-order valence-electron chi connectivity index (χ1n) is 20.1. The van der Waals surface area contributed by atoms with Crippen LogP contribution in [0.5, 0.6) is 5.75 Å². The van der Waals surface area contributed by atoms with Crippen LogP contribution in [0.1, 0.15) is 57.0 Å². The number of benzene rings is 2. The van der Waals surface area contributed by atoms with Crippen molar-refractivity contribution in [2.75, 3.05) is 48.3 Å². The number of aliphatic hydroxyl groups is 1. The predicted octanol–water partition coefficient (Wildman–Crippen LogP) is 4.50. The van der Waals surface area contributed by atoms with E-state index in [4.69, 9.17) is 5.73 Å². The van der Waals surface area contributed by atoms with E-state index < -0.39 is 29.5 Å². The third-order valence-electron chi connectivity index (χ3n) is 11.2. The zero-order valence-electron chi connectivity index (χ0n) is 34.5. The summed E-state index contributed by atoms with van der Waals surface area (Å²) in [6, 6.07) is 18.2. The summed E-state index contributed by atoms with van der Waals surface area (Å²) in [6.07, 6.45) is 0.899. The molecule has 5 aromatic rings. The first-order chi connectivity index (χ1) is 28.7. The van der Waals surface area contributed by atoms with E-state index >= 15 is 0 Å². The van der Waals surface area contributed by atoms with Gasteiger partial charge in [-0.1, -0.05) is 57.2 Å². The van der Waals surface area contributed by atoms with Crippen molar-refractivity contribution >= 4 is 46.4 Å². The second-order valence-corrected chi connectivity index (χ2v) is 17.4. The molecule has 3 amide bonds. The molecule has 60 heavy (non-hydrogen) atoms. The van der Waals surface area contributed by atoms with Crippen LogP contribution in [0.15, 0.2) is 78.4 Å². The number of phenols is 1. The third-order valence-corrected chi connectivity index (χ3v) is 12.1. The molecule has 2 aliphatic heterocycles. The Bertz CT molecular complexity index is 2340. The van der Waals surface area contributed by atoms with Crippen LogP contribution in [0, 0.1) is 12.3 Å². The van der Waals surface area contributed by atoms with Gasteiger partial charge in [0.15, 0.2) is 5.82 Å². The lowest BCUT2D eigenvalue weighted by molar-refractivity contribution is -0.144. The molecular weight excluding hydrogens is 781 g/mol. The number of nitrogens with one attached hydrogen (secondary N) is 2. The van der Waals surface area contributed by atoms with Crippen LogP contribution in [0.25, 0.3) is 21.7 Å². The number of para-hydroxylation sites is 1. The third kappa shape index (κ3) is 9.34. The van der Waals surface area contributed by atoms with Crippen LogP contribution in [-0.2, 0) is 20.8 Å². The number of aryl methyl sites for hydroxylation is 1. The molecule has 5 heterocycles. The van der Waals surface area contributed by atoms with Crippen molar-refractivity contribution in [2.45, 2.75) is 71.7 Å². The number of piperazine rings is 1. The van der Waals surface area contributed by atoms with Gasteiger partial charge < -0.3 is 41.3 Å². The molecular formula is C44H52N10O5S. The van der Waals surface area contributed by atoms with Gasteiger partial charge in [-0.05, 0) is 66.3 Å². The highest BCUT2D eigenvalue weighted by Gasteiger charge is 2.44. The van der Waals surface area contributed by atoms with E-state index in [1.165, 1.54) is 4.90 Å². The maximum atomic E-state index is 14.3. The normalized spacial score (nSPS) is 17.9. The highest BCUT2D eigenvalue weighted by Crippen LogP contribution is 2.33. The summed E-state index contributed by atoms with van der Waals surface area (Å²) in [7, 11) is 0. The lowest BCUT2D eigenvalue weighted by atomic mass is 9.85. The minimum absolute atomic E-state index is 0.00901. The number of nitrogens with two attached hydrogens (primary N) is 1. The molecule has 15 nitrogen and oxygen atoms in total. The fourth-order valence-corrected chi connectivity index (χ4v) is 8.61. The summed E-state index contributed by atoms with van der Waals surface area (Å²) >= 11 is 1.58. The Morgan fingerprint density at radius 3 is 2.35 bits per heavy atom. The Hall–Kier alpha value is -6.13. The number of nitrogens with zero attached hydrogens (tertiary/aromatic N) is 7. The largest absolute Gasteiger partial charge is 0.507 e. The van der Waals surface area contributed by atoms with Gasteiger partial charge in [0.25, 0.3) is 0 Å². The number of carbonyl (C=O) groups excluding carboxylic acids is 3. The Kier molecular flexibility index (Phi) is 12.3. The molecule has 6 N–H and O–H groups in total. The topological polar surface area (TPSA) is 203 Å². The van der Waals surface area contributed by atoms with Crippen molar-refractivity contribution in [2.24, 2.45) is 5.41 Å². The number of phenolic OH excluding ortho intramolecular Hbond substituents is 1. The summed E-state index contributed by atoms with van der Waals surface area (Å²) in [5.41, 5.74) is 12.8. The number of β-amino-alcohol motifs (C(OH)–C–C–N with tert-alkyl or cyclic N) is 1. The summed E-state index contributed by atoms with van der Waals surface area (Å²) in [4.78, 5) is 57.3. The van der Waals surface area contributed by atoms with E-state index in [1.807, 2.05) is 82.6 Å². The molecule has 2 aromatic carbocycles. The van der Waals surface area contributed by atoms with Crippen molar-refractivity contribution in [1.29, 1.82) is 0 Å². The smallest absolute Gasteiger partial charge is 0.246 e. The van der Waals surface area contributed by atoms with Crippen molar-refractivity contribution < 1.29 is 24.6 Å². The Balaban J connectivity index is 0.965. The molecule has 0 aliphatic carbocycles. The molecule has 2 aliphatic rings. The zero-order valence-corrected chi connectivity index (χ0v) is 35.3. The number of hydrogen-bond acceptors (Lipinski definition) is 13. The minimum Gasteiger partial charge on any atom is -0.507 e. The number of rotatable bonds is 11. The molecule has 0 bridgehead atoms. The number of likely N-dealkylation sites (tertiary alicyclic amines) is 1. The molecule has 3 aromatic heterocycles. The standard InChI is InChI=1S/C44H52N10O5S/c1-26(29-10-12-30(13-11-29)39-27(2)47-25-60-39)48-42(58)35-22-31(55)24-54(35)43(59)40(44(3,4)5)49-38(57)21-28-14-15-46-37(20-28)53-18-16-52(17-19-53)34-23-33(50-51-41(34)45)32-8-6-7-9-36(32)56/h6-15,20,23,25-26,31,35,40,55-56H,16-19,21-22,24H2,1-5H3,(H2,45,51)(H,48,58)(H,49,57)/t26-,31-,35+,40-/m1/s1. The monoisotopic (exact) mass is 832 g/mol. The number of aromatic hydroxyl groups is 1. The van der Waals surface area contributed by atoms with Gasteiger partial charge in [-0.2, -0.15) is 0 Å². The molecule has 0 unspecified atom stereocenters. The van der Waals surface area contributed by atoms with Crippen LogP contribution in [0.2, 0.25) is 0 Å². The average Bonchev–Trinajstić information content (AvgIpc) is 3.85. The number of carbonyl (C=O) groups is 3. The van der Waals surface area contributed by atoms with E-state index in [2.05, 4.69) is 40.6 Å². The molecule has 0 radical (unpaired) electrons. The number of aromatic nitrogens is 4. The van der Waals surface area contributed by atoms with Gasteiger partial charge in [-0.15, -0.1) is 21.5 Å². The second-order valence-electron chi connectivity index (χ2n) is 16.6. The Labute approximate surface area is 353 Å². The van der Waals surface area contributed by atoms with Crippen molar-refractivity contribution in [3.63, 3.8) is 0 Å². The highest BCUT2D eigenvalue weighted by molar-refractivity contribution is 7.13. The summed E-state index contributed by atoms with van der Waals surface area (Å²) in [5, 5.41) is 35.4. The second kappa shape index (κ2) is 17.6. The zero-order chi connectivity index (χ0) is 42.7. The number of aliphatic hydroxyl groups excluding tert-OH is 1. The summed E-state index contributed by atoms with van der Waals surface area (Å²) < 4.78 is 0. The number of hydrogen-bond donors (Lipinski definition) is 5. The molecule has 314 valence electrons. The van der Waals surface area contributed by atoms with Gasteiger partial charge in [-0.25, -0.2) is 9.97 Å². The first-order valence-corrected chi connectivity index (χ1v) is 21.0. The molecule has 4 atom stereocenters. The number of nitrogen functional groups attached to an aromatic ring is 1. The lowest BCUT2D eigenvalue weighted by Gasteiger charge is -2.37. The summed E-state index contributed by atoms with van der Waals surface area (Å²) in [5.74, 6) is -0.00121. The van der Waals surface area contributed by atoms with Crippen LogP contribution in [0.4, 0.5) is 17.3 Å². The maximum absolute atomic E-state index is 14.3. The average molecular weight is 833 g/mol. The highest BCUT2D eigenvalue weighted by atomic mass is 32.1. The van der Waals surface area contributed by atoms with E-state index in [9.17, 15) is 24.6 Å². The van der Waals surface area contributed by atoms with Crippen LogP contribution >= 0.6 is 11.3 Å². The molecule has 0 saturated carbocycles. The fraction of sp³-hybridized carbons (Fsp3) is 0.386. The number of pyridine rings is 1. The SMILES string of the molecule is Cc1ncsc1-c1ccc([C@@H](C)NC(=O)[C@@H]2C[C@@H](O)CN2C(=O)[C@@H](NC(=O)Cc2ccnc(N3CCN(c4cc(-c5ccccc5O)nnc4N)CC3)c2)C(C)(C)C)cc1. The number of amides is 3. The summed E-state index contributed by atoms with van der Waals surface area (Å²) in [6.45, 7) is 12.0. The quantitative estimate of drug-likeness (QED) is 0.125. The Morgan fingerprint density at radius 1 is 0.950 bits per heavy atom. The first kappa shape index (κ1) is 42.0. The minimum atomic E-state index is -0.957. The van der Waals surface area contributed by atoms with Crippen molar-refractivity contribution in [3.8, 4) is 27.4 Å². The van der Waals surface area contributed by atoms with Crippen LogP contribution in [0.3, 0.4) is 0 Å². The molecule has 7 rings (SSSR count). The van der Waals surface area contributed by atoms with E-state index in [0.29, 0.717) is 43.3 Å². The van der Waals surface area contributed by atoms with E-state index in [0.717, 1.165) is 38.8 Å². The van der Waals surface area contributed by atoms with Gasteiger partial charge in [0, 0.05) is 50.9 Å². The lowest BCUT2D eigenvalue weighted by Crippen LogP contribution is -2.58. The van der Waals surface area contributed by atoms with Gasteiger partial charge in [0.2, 0.25) is 17.7 Å². The van der Waals surface area contributed by atoms with E-state index in [1.54, 1.807) is 41.8 Å². The molecule has 0 spiro atoms. The van der Waals surface area contributed by atoms with E-state index in [-0.39, 0.29) is 43.0 Å². The van der Waals surface area contributed by atoms with Crippen molar-refractivity contribution in [1.82, 2.24) is 35.7 Å². The van der Waals surface area contributed by atoms with Crippen LogP contribution in [-0.4, -0.2) is 104 Å². The number of thiazole rings is 1. The predicted molar refractivity (Wildman–Crippen MR) is 232 cm³/mol. The van der Waals surface area contributed by atoms with Gasteiger partial charge in [-0.3, -0.25) is 14.4 Å². The molecule has 16 heteroatoms. The van der Waals surface area contributed by atoms with Gasteiger partial charge >= 0.3 is 0 Å². The maximum Gasteiger partial charge on any atom is 0.246 e. The molecule has 2 fully saturated rings. The number of anilines is 3. The van der Waals surface area contributed by atoms with Crippen molar-refractivity contribution in [3.05, 3.63) is 95.3 Å². The Morgan fingerprint density at radius 2 is 1.67 bits per heavy atom. The van der Waals surface area contributed by atoms with Crippen LogP contribution < -0.4 is 26.2 Å². The van der Waals surface area contributed by atoms with Gasteiger partial charge in [0.1, 0.15) is 23.7 Å². The van der Waals surface area contributed by atoms with Gasteiger partial charge in [0.05, 0.1) is 46.0 Å². The fourth-order valence-electron chi connectivity index (χ4n) is 7.80. The molecule has 2 saturated heterocycles.